The van der Waals surface area contributed by atoms with E-state index in [1.807, 2.05) is 12.4 Å². The topological polar surface area (TPSA) is 21.1 Å². The average molecular weight is 362 g/mol. The molecule has 0 N–H and O–H groups in total. The maximum Gasteiger partial charge on any atom is 0.0486 e. The molecule has 0 saturated carbocycles. The molecule has 0 spiro atoms. The minimum absolute atomic E-state index is 0.522. The first-order valence-electron chi connectivity index (χ1n) is 10.2. The Morgan fingerprint density at radius 1 is 1.11 bits per heavy atom. The summed E-state index contributed by atoms with van der Waals surface area (Å²) in [6.07, 6.45) is 6.21. The van der Waals surface area contributed by atoms with Gasteiger partial charge in [0.2, 0.25) is 0 Å². The molecule has 0 saturated heterocycles. The summed E-state index contributed by atoms with van der Waals surface area (Å²) in [6, 6.07) is 11.4. The molecule has 1 aromatic carbocycles. The van der Waals surface area contributed by atoms with Crippen molar-refractivity contribution in [3.05, 3.63) is 65.1 Å². The molecule has 4 rings (SSSR count). The Morgan fingerprint density at radius 2 is 1.89 bits per heavy atom. The first kappa shape index (κ1) is 18.2. The van der Waals surface area contributed by atoms with Crippen molar-refractivity contribution in [3.8, 4) is 0 Å². The van der Waals surface area contributed by atoms with Crippen molar-refractivity contribution in [2.45, 2.75) is 52.6 Å². The SMILES string of the molecule is Cc1ccc2c(c1)c1c(n2CC(CC(C)C)c2ccncc2)CCN(C)C1. The summed E-state index contributed by atoms with van der Waals surface area (Å²) < 4.78 is 2.63. The molecule has 1 unspecified atom stereocenters. The van der Waals surface area contributed by atoms with Crippen LogP contribution >= 0.6 is 0 Å². The molecule has 0 fully saturated rings. The van der Waals surface area contributed by atoms with E-state index in [1.165, 1.54) is 28.5 Å². The van der Waals surface area contributed by atoms with E-state index in [1.54, 1.807) is 11.3 Å². The van der Waals surface area contributed by atoms with Crippen LogP contribution in [-0.4, -0.2) is 28.0 Å². The molecular formula is C24H31N3. The number of hydrogen-bond acceptors (Lipinski definition) is 2. The number of likely N-dealkylation sites (N-methyl/N-ethyl adjacent to an activating group) is 1. The number of pyridine rings is 1. The van der Waals surface area contributed by atoms with E-state index in [0.717, 1.165) is 26.1 Å². The molecule has 0 amide bonds. The first-order chi connectivity index (χ1) is 13.0. The van der Waals surface area contributed by atoms with Crippen molar-refractivity contribution in [2.24, 2.45) is 5.92 Å². The Hall–Kier alpha value is -2.13. The van der Waals surface area contributed by atoms with Gasteiger partial charge in [-0.05, 0) is 61.7 Å². The number of aryl methyl sites for hydroxylation is 1. The normalized spacial score (nSPS) is 16.0. The Labute approximate surface area is 163 Å². The minimum atomic E-state index is 0.522. The van der Waals surface area contributed by atoms with E-state index < -0.39 is 0 Å². The van der Waals surface area contributed by atoms with Gasteiger partial charge < -0.3 is 9.47 Å². The number of hydrogen-bond donors (Lipinski definition) is 0. The highest BCUT2D eigenvalue weighted by atomic mass is 15.1. The fourth-order valence-electron chi connectivity index (χ4n) is 4.65. The Bertz CT molecular complexity index is 924. The molecule has 3 heterocycles. The van der Waals surface area contributed by atoms with Gasteiger partial charge in [-0.1, -0.05) is 25.5 Å². The predicted octanol–water partition coefficient (Wildman–Crippen LogP) is 5.16. The summed E-state index contributed by atoms with van der Waals surface area (Å²) in [7, 11) is 2.24. The van der Waals surface area contributed by atoms with E-state index in [2.05, 4.69) is 72.6 Å². The van der Waals surface area contributed by atoms with Gasteiger partial charge in [0, 0.05) is 61.0 Å². The number of nitrogens with zero attached hydrogens (tertiary/aromatic N) is 3. The fourth-order valence-corrected chi connectivity index (χ4v) is 4.65. The molecule has 3 aromatic rings. The van der Waals surface area contributed by atoms with Crippen molar-refractivity contribution < 1.29 is 0 Å². The van der Waals surface area contributed by atoms with E-state index >= 15 is 0 Å². The van der Waals surface area contributed by atoms with Gasteiger partial charge in [0.05, 0.1) is 0 Å². The van der Waals surface area contributed by atoms with Gasteiger partial charge in [-0.3, -0.25) is 4.98 Å². The molecular weight excluding hydrogens is 330 g/mol. The van der Waals surface area contributed by atoms with Gasteiger partial charge >= 0.3 is 0 Å². The third kappa shape index (κ3) is 3.66. The van der Waals surface area contributed by atoms with Crippen molar-refractivity contribution in [1.82, 2.24) is 14.5 Å². The third-order valence-corrected chi connectivity index (χ3v) is 5.94. The smallest absolute Gasteiger partial charge is 0.0486 e. The van der Waals surface area contributed by atoms with Gasteiger partial charge in [0.15, 0.2) is 0 Å². The van der Waals surface area contributed by atoms with E-state index in [0.29, 0.717) is 11.8 Å². The summed E-state index contributed by atoms with van der Waals surface area (Å²) in [6.45, 7) is 10.1. The molecule has 0 radical (unpaired) electrons. The van der Waals surface area contributed by atoms with Crippen LogP contribution in [0.3, 0.4) is 0 Å². The second-order valence-electron chi connectivity index (χ2n) is 8.65. The summed E-state index contributed by atoms with van der Waals surface area (Å²) in [5.74, 6) is 1.20. The van der Waals surface area contributed by atoms with Crippen LogP contribution in [0, 0.1) is 12.8 Å². The number of rotatable bonds is 5. The molecule has 142 valence electrons. The lowest BCUT2D eigenvalue weighted by atomic mass is 9.90. The van der Waals surface area contributed by atoms with Crippen LogP contribution in [-0.2, 0) is 19.5 Å². The lowest BCUT2D eigenvalue weighted by Gasteiger charge is -2.26. The second kappa shape index (κ2) is 7.47. The quantitative estimate of drug-likeness (QED) is 0.626. The highest BCUT2D eigenvalue weighted by molar-refractivity contribution is 5.86. The average Bonchev–Trinajstić information content (AvgIpc) is 2.94. The maximum atomic E-state index is 4.23. The van der Waals surface area contributed by atoms with E-state index in [4.69, 9.17) is 0 Å². The molecule has 0 aliphatic carbocycles. The highest BCUT2D eigenvalue weighted by Crippen LogP contribution is 2.34. The van der Waals surface area contributed by atoms with Gasteiger partial charge in [-0.2, -0.15) is 0 Å². The van der Waals surface area contributed by atoms with Crippen molar-refractivity contribution in [3.63, 3.8) is 0 Å². The molecule has 3 heteroatoms. The monoisotopic (exact) mass is 361 g/mol. The predicted molar refractivity (Wildman–Crippen MR) is 113 cm³/mol. The highest BCUT2D eigenvalue weighted by Gasteiger charge is 2.24. The van der Waals surface area contributed by atoms with Crippen LogP contribution in [0.25, 0.3) is 10.9 Å². The van der Waals surface area contributed by atoms with Crippen molar-refractivity contribution in [1.29, 1.82) is 0 Å². The number of fused-ring (bicyclic) bond motifs is 3. The molecule has 0 bridgehead atoms. The molecule has 1 aliphatic rings. The third-order valence-electron chi connectivity index (χ3n) is 5.94. The largest absolute Gasteiger partial charge is 0.344 e. The van der Waals surface area contributed by atoms with Gasteiger partial charge in [0.25, 0.3) is 0 Å². The second-order valence-corrected chi connectivity index (χ2v) is 8.65. The number of aromatic nitrogens is 2. The molecule has 27 heavy (non-hydrogen) atoms. The standard InChI is InChI=1S/C24H31N3/c1-17(2)13-20(19-7-10-25-11-8-19)15-27-23-6-5-18(3)14-21(23)22-16-26(4)12-9-24(22)27/h5-8,10-11,14,17,20H,9,12-13,15-16H2,1-4H3. The number of benzene rings is 1. The van der Waals surface area contributed by atoms with Crippen LogP contribution in [0.5, 0.6) is 0 Å². The lowest BCUT2D eigenvalue weighted by Crippen LogP contribution is -2.27. The Kier molecular flexibility index (Phi) is 5.05. The van der Waals surface area contributed by atoms with Crippen LogP contribution in [0.4, 0.5) is 0 Å². The zero-order valence-corrected chi connectivity index (χ0v) is 17.1. The maximum absolute atomic E-state index is 4.23. The van der Waals surface area contributed by atoms with Gasteiger partial charge in [-0.15, -0.1) is 0 Å². The van der Waals surface area contributed by atoms with E-state index in [9.17, 15) is 0 Å². The Morgan fingerprint density at radius 3 is 2.63 bits per heavy atom. The van der Waals surface area contributed by atoms with Crippen LogP contribution in [0.15, 0.2) is 42.7 Å². The lowest BCUT2D eigenvalue weighted by molar-refractivity contribution is 0.307. The van der Waals surface area contributed by atoms with Gasteiger partial charge in [-0.25, -0.2) is 0 Å². The molecule has 2 aromatic heterocycles. The summed E-state index contributed by atoms with van der Waals surface area (Å²) in [5, 5.41) is 1.45. The zero-order valence-electron chi connectivity index (χ0n) is 17.1. The Balaban J connectivity index is 1.80. The van der Waals surface area contributed by atoms with E-state index in [-0.39, 0.29) is 0 Å². The molecule has 1 aliphatic heterocycles. The summed E-state index contributed by atoms with van der Waals surface area (Å²) in [4.78, 5) is 6.68. The van der Waals surface area contributed by atoms with Crippen LogP contribution in [0.1, 0.15) is 48.6 Å². The zero-order chi connectivity index (χ0) is 19.0. The van der Waals surface area contributed by atoms with Crippen LogP contribution in [0.2, 0.25) is 0 Å². The summed E-state index contributed by atoms with van der Waals surface area (Å²) >= 11 is 0. The first-order valence-corrected chi connectivity index (χ1v) is 10.2. The fraction of sp³-hybridized carbons (Fsp3) is 0.458. The molecule has 3 nitrogen and oxygen atoms in total. The molecule has 1 atom stereocenters. The minimum Gasteiger partial charge on any atom is -0.344 e. The summed E-state index contributed by atoms with van der Waals surface area (Å²) in [5.41, 5.74) is 7.26. The van der Waals surface area contributed by atoms with Gasteiger partial charge in [0.1, 0.15) is 0 Å². The van der Waals surface area contributed by atoms with Crippen molar-refractivity contribution >= 4 is 10.9 Å². The van der Waals surface area contributed by atoms with Crippen LogP contribution < -0.4 is 0 Å². The van der Waals surface area contributed by atoms with Crippen molar-refractivity contribution in [2.75, 3.05) is 13.6 Å².